The van der Waals surface area contributed by atoms with E-state index in [1.54, 1.807) is 0 Å². The number of rotatable bonds is 4. The second kappa shape index (κ2) is 6.17. The molecule has 0 unspecified atom stereocenters. The number of nitrogens with two attached hydrogens (primary N) is 1. The third-order valence-corrected chi connectivity index (χ3v) is 3.54. The van der Waals surface area contributed by atoms with Gasteiger partial charge in [0, 0.05) is 24.1 Å². The van der Waals surface area contributed by atoms with Crippen molar-refractivity contribution in [3.8, 4) is 0 Å². The molecule has 0 radical (unpaired) electrons. The number of anilines is 1. The maximum atomic E-state index is 5.80. The minimum atomic E-state index is -0.0224. The average Bonchev–Trinajstić information content (AvgIpc) is 2.41. The SMILES string of the molecule is C[C@H](N)c1ccc(N(C)Cc2ccc(Br)cc2)cn1. The molecule has 19 heavy (non-hydrogen) atoms. The first-order chi connectivity index (χ1) is 9.06. The molecule has 4 heteroatoms. The monoisotopic (exact) mass is 319 g/mol. The summed E-state index contributed by atoms with van der Waals surface area (Å²) in [5.41, 5.74) is 9.07. The highest BCUT2D eigenvalue weighted by Gasteiger charge is 2.05. The van der Waals surface area contributed by atoms with Crippen molar-refractivity contribution in [2.45, 2.75) is 19.5 Å². The molecule has 0 spiro atoms. The van der Waals surface area contributed by atoms with Gasteiger partial charge >= 0.3 is 0 Å². The second-order valence-electron chi connectivity index (χ2n) is 4.71. The van der Waals surface area contributed by atoms with E-state index in [1.807, 2.05) is 19.2 Å². The zero-order chi connectivity index (χ0) is 13.8. The Labute approximate surface area is 122 Å². The number of benzene rings is 1. The van der Waals surface area contributed by atoms with Crippen molar-refractivity contribution in [3.63, 3.8) is 0 Å². The molecule has 1 aromatic carbocycles. The first kappa shape index (κ1) is 14.0. The van der Waals surface area contributed by atoms with E-state index in [2.05, 4.69) is 63.2 Å². The van der Waals surface area contributed by atoms with Crippen LogP contribution in [0.4, 0.5) is 5.69 Å². The zero-order valence-electron chi connectivity index (χ0n) is 11.2. The number of nitrogens with zero attached hydrogens (tertiary/aromatic N) is 2. The fourth-order valence-electron chi connectivity index (χ4n) is 1.85. The lowest BCUT2D eigenvalue weighted by Crippen LogP contribution is -2.17. The third-order valence-electron chi connectivity index (χ3n) is 3.01. The van der Waals surface area contributed by atoms with Gasteiger partial charge in [-0.15, -0.1) is 0 Å². The van der Waals surface area contributed by atoms with E-state index in [0.29, 0.717) is 0 Å². The normalized spacial score (nSPS) is 12.2. The molecule has 0 fully saturated rings. The lowest BCUT2D eigenvalue weighted by molar-refractivity contribution is 0.779. The van der Waals surface area contributed by atoms with Crippen LogP contribution in [0.3, 0.4) is 0 Å². The van der Waals surface area contributed by atoms with Crippen LogP contribution in [0.5, 0.6) is 0 Å². The summed E-state index contributed by atoms with van der Waals surface area (Å²) in [6.07, 6.45) is 1.87. The van der Waals surface area contributed by atoms with E-state index in [1.165, 1.54) is 5.56 Å². The Morgan fingerprint density at radius 2 is 1.89 bits per heavy atom. The third kappa shape index (κ3) is 3.78. The van der Waals surface area contributed by atoms with Gasteiger partial charge in [-0.25, -0.2) is 0 Å². The van der Waals surface area contributed by atoms with Crippen LogP contribution in [0.15, 0.2) is 47.1 Å². The molecule has 0 aliphatic carbocycles. The van der Waals surface area contributed by atoms with Gasteiger partial charge in [-0.3, -0.25) is 4.98 Å². The minimum Gasteiger partial charge on any atom is -0.369 e. The molecular formula is C15H18BrN3. The van der Waals surface area contributed by atoms with Crippen molar-refractivity contribution >= 4 is 21.6 Å². The molecule has 0 bridgehead atoms. The Kier molecular flexibility index (Phi) is 4.56. The summed E-state index contributed by atoms with van der Waals surface area (Å²) in [5.74, 6) is 0. The summed E-state index contributed by atoms with van der Waals surface area (Å²) in [7, 11) is 2.06. The van der Waals surface area contributed by atoms with Gasteiger partial charge in [-0.05, 0) is 36.8 Å². The lowest BCUT2D eigenvalue weighted by Gasteiger charge is -2.19. The predicted molar refractivity (Wildman–Crippen MR) is 83.1 cm³/mol. The largest absolute Gasteiger partial charge is 0.369 e. The predicted octanol–water partition coefficient (Wildman–Crippen LogP) is 3.50. The lowest BCUT2D eigenvalue weighted by atomic mass is 10.2. The van der Waals surface area contributed by atoms with Crippen LogP contribution in [-0.4, -0.2) is 12.0 Å². The standard InChI is InChI=1S/C15H18BrN3/c1-11(17)15-8-7-14(9-18-15)19(2)10-12-3-5-13(16)6-4-12/h3-9,11H,10,17H2,1-2H3/t11-/m0/s1. The van der Waals surface area contributed by atoms with Crippen molar-refractivity contribution in [2.75, 3.05) is 11.9 Å². The molecule has 100 valence electrons. The maximum absolute atomic E-state index is 5.80. The van der Waals surface area contributed by atoms with Crippen LogP contribution in [0, 0.1) is 0 Å². The van der Waals surface area contributed by atoms with Crippen LogP contribution in [0.1, 0.15) is 24.2 Å². The quantitative estimate of drug-likeness (QED) is 0.937. The van der Waals surface area contributed by atoms with Gasteiger partial charge in [-0.1, -0.05) is 28.1 Å². The summed E-state index contributed by atoms with van der Waals surface area (Å²) >= 11 is 3.44. The highest BCUT2D eigenvalue weighted by atomic mass is 79.9. The van der Waals surface area contributed by atoms with E-state index >= 15 is 0 Å². The highest BCUT2D eigenvalue weighted by molar-refractivity contribution is 9.10. The van der Waals surface area contributed by atoms with Gasteiger partial charge in [0.1, 0.15) is 0 Å². The van der Waals surface area contributed by atoms with Crippen molar-refractivity contribution in [2.24, 2.45) is 5.73 Å². The Balaban J connectivity index is 2.07. The number of halogens is 1. The molecule has 0 saturated carbocycles. The van der Waals surface area contributed by atoms with Crippen LogP contribution < -0.4 is 10.6 Å². The molecule has 2 aromatic rings. The van der Waals surface area contributed by atoms with E-state index < -0.39 is 0 Å². The van der Waals surface area contributed by atoms with Gasteiger partial charge < -0.3 is 10.6 Å². The van der Waals surface area contributed by atoms with Gasteiger partial charge in [0.2, 0.25) is 0 Å². The molecule has 2 N–H and O–H groups in total. The Hall–Kier alpha value is -1.39. The van der Waals surface area contributed by atoms with Crippen LogP contribution in [-0.2, 0) is 6.54 Å². The fraction of sp³-hybridized carbons (Fsp3) is 0.267. The maximum Gasteiger partial charge on any atom is 0.0569 e. The Bertz CT molecular complexity index is 520. The summed E-state index contributed by atoms with van der Waals surface area (Å²) < 4.78 is 1.10. The molecule has 3 nitrogen and oxygen atoms in total. The Morgan fingerprint density at radius 3 is 2.42 bits per heavy atom. The highest BCUT2D eigenvalue weighted by Crippen LogP contribution is 2.17. The van der Waals surface area contributed by atoms with Gasteiger partial charge in [0.25, 0.3) is 0 Å². The first-order valence-electron chi connectivity index (χ1n) is 6.23. The second-order valence-corrected chi connectivity index (χ2v) is 5.63. The van der Waals surface area contributed by atoms with E-state index in [0.717, 1.165) is 22.4 Å². The molecule has 1 heterocycles. The van der Waals surface area contributed by atoms with Crippen molar-refractivity contribution in [1.29, 1.82) is 0 Å². The van der Waals surface area contributed by atoms with Crippen molar-refractivity contribution in [1.82, 2.24) is 4.98 Å². The average molecular weight is 320 g/mol. The minimum absolute atomic E-state index is 0.0224. The molecule has 1 aromatic heterocycles. The van der Waals surface area contributed by atoms with Gasteiger partial charge in [0.15, 0.2) is 0 Å². The van der Waals surface area contributed by atoms with Crippen LogP contribution in [0.2, 0.25) is 0 Å². The molecule has 0 aliphatic heterocycles. The van der Waals surface area contributed by atoms with Crippen LogP contribution in [0.25, 0.3) is 0 Å². The molecule has 0 amide bonds. The number of hydrogen-bond acceptors (Lipinski definition) is 3. The number of hydrogen-bond donors (Lipinski definition) is 1. The summed E-state index contributed by atoms with van der Waals surface area (Å²) in [6, 6.07) is 12.4. The molecule has 1 atom stereocenters. The number of pyridine rings is 1. The molecule has 2 rings (SSSR count). The van der Waals surface area contributed by atoms with Crippen molar-refractivity contribution in [3.05, 3.63) is 58.3 Å². The van der Waals surface area contributed by atoms with E-state index in [-0.39, 0.29) is 6.04 Å². The zero-order valence-corrected chi connectivity index (χ0v) is 12.8. The van der Waals surface area contributed by atoms with Crippen LogP contribution >= 0.6 is 15.9 Å². The summed E-state index contributed by atoms with van der Waals surface area (Å²) in [5, 5.41) is 0. The summed E-state index contributed by atoms with van der Waals surface area (Å²) in [6.45, 7) is 2.79. The van der Waals surface area contributed by atoms with Gasteiger partial charge in [0.05, 0.1) is 17.6 Å². The molecule has 0 saturated heterocycles. The van der Waals surface area contributed by atoms with E-state index in [9.17, 15) is 0 Å². The molecule has 0 aliphatic rings. The smallest absolute Gasteiger partial charge is 0.0569 e. The summed E-state index contributed by atoms with van der Waals surface area (Å²) in [4.78, 5) is 6.55. The fourth-order valence-corrected chi connectivity index (χ4v) is 2.11. The number of aromatic nitrogens is 1. The van der Waals surface area contributed by atoms with E-state index in [4.69, 9.17) is 5.73 Å². The Morgan fingerprint density at radius 1 is 1.21 bits per heavy atom. The first-order valence-corrected chi connectivity index (χ1v) is 7.02. The van der Waals surface area contributed by atoms with Gasteiger partial charge in [-0.2, -0.15) is 0 Å². The topological polar surface area (TPSA) is 42.1 Å². The van der Waals surface area contributed by atoms with Crippen molar-refractivity contribution < 1.29 is 0 Å². The molecular weight excluding hydrogens is 302 g/mol.